The minimum atomic E-state index is -0.423. The molecule has 1 N–H and O–H groups in total. The van der Waals surface area contributed by atoms with Crippen LogP contribution in [0.2, 0.25) is 5.02 Å². The molecule has 9 heteroatoms. The Morgan fingerprint density at radius 2 is 1.78 bits per heavy atom. The van der Waals surface area contributed by atoms with Gasteiger partial charge in [0.15, 0.2) is 23.9 Å². The quantitative estimate of drug-likeness (QED) is 0.610. The monoisotopic (exact) mass is 459 g/mol. The van der Waals surface area contributed by atoms with Crippen molar-refractivity contribution in [1.29, 1.82) is 0 Å². The maximum absolute atomic E-state index is 12.5. The maximum atomic E-state index is 12.5. The van der Waals surface area contributed by atoms with E-state index in [2.05, 4.69) is 10.2 Å². The van der Waals surface area contributed by atoms with Gasteiger partial charge in [-0.25, -0.2) is 0 Å². The van der Waals surface area contributed by atoms with Gasteiger partial charge in [-0.3, -0.25) is 14.4 Å². The third-order valence-corrected chi connectivity index (χ3v) is 5.41. The second kappa shape index (κ2) is 10.9. The van der Waals surface area contributed by atoms with Gasteiger partial charge in [0.1, 0.15) is 0 Å². The summed E-state index contributed by atoms with van der Waals surface area (Å²) in [4.78, 5) is 40.0. The second-order valence-electron chi connectivity index (χ2n) is 7.33. The van der Waals surface area contributed by atoms with Crippen molar-refractivity contribution in [3.05, 3.63) is 53.1 Å². The van der Waals surface area contributed by atoms with Crippen LogP contribution in [-0.2, 0) is 9.59 Å². The molecule has 1 heterocycles. The minimum absolute atomic E-state index is 0.0975. The topological polar surface area (TPSA) is 88.2 Å². The van der Waals surface area contributed by atoms with Crippen LogP contribution in [0.5, 0.6) is 11.5 Å². The molecule has 2 aromatic rings. The van der Waals surface area contributed by atoms with Gasteiger partial charge in [0.2, 0.25) is 5.91 Å². The van der Waals surface area contributed by atoms with Crippen molar-refractivity contribution in [3.8, 4) is 11.5 Å². The number of nitrogens with one attached hydrogen (secondary N) is 1. The van der Waals surface area contributed by atoms with Crippen molar-refractivity contribution >= 4 is 34.9 Å². The van der Waals surface area contributed by atoms with Crippen LogP contribution in [0.4, 0.5) is 5.69 Å². The Labute approximate surface area is 192 Å². The second-order valence-corrected chi connectivity index (χ2v) is 7.77. The van der Waals surface area contributed by atoms with E-state index in [0.29, 0.717) is 48.3 Å². The number of hydrogen-bond acceptors (Lipinski definition) is 6. The van der Waals surface area contributed by atoms with Crippen LogP contribution in [-0.4, -0.2) is 68.9 Å². The summed E-state index contributed by atoms with van der Waals surface area (Å²) in [5.74, 6) is 0.0378. The fraction of sp³-hybridized carbons (Fsp3) is 0.348. The number of carbonyl (C=O) groups excluding carboxylic acids is 3. The number of carbonyl (C=O) groups is 3. The molecular weight excluding hydrogens is 434 g/mol. The number of piperazine rings is 1. The van der Waals surface area contributed by atoms with Crippen LogP contribution in [0.15, 0.2) is 42.5 Å². The lowest BCUT2D eigenvalue weighted by Gasteiger charge is -2.36. The van der Waals surface area contributed by atoms with Crippen LogP contribution in [0.1, 0.15) is 17.3 Å². The average molecular weight is 460 g/mol. The average Bonchev–Trinajstić information content (AvgIpc) is 2.81. The Hall–Kier alpha value is -3.26. The molecule has 8 nitrogen and oxygen atoms in total. The zero-order valence-corrected chi connectivity index (χ0v) is 18.9. The number of Topliss-reactive ketones (excluding diaryl/α,β-unsaturated/α-hetero) is 1. The van der Waals surface area contributed by atoms with Crippen LogP contribution >= 0.6 is 11.6 Å². The number of methoxy groups -OCH3 is 1. The Balaban J connectivity index is 1.42. The molecule has 2 amide bonds. The Kier molecular flexibility index (Phi) is 7.94. The van der Waals surface area contributed by atoms with E-state index in [1.54, 1.807) is 23.1 Å². The molecule has 3 rings (SSSR count). The lowest BCUT2D eigenvalue weighted by atomic mass is 10.1. The number of ether oxygens (including phenoxy) is 2. The normalized spacial score (nSPS) is 13.5. The summed E-state index contributed by atoms with van der Waals surface area (Å²) in [5.41, 5.74) is 1.52. The first-order chi connectivity index (χ1) is 15.4. The first kappa shape index (κ1) is 23.4. The van der Waals surface area contributed by atoms with E-state index < -0.39 is 5.91 Å². The summed E-state index contributed by atoms with van der Waals surface area (Å²) in [6, 6.07) is 12.4. The number of halogens is 1. The van der Waals surface area contributed by atoms with Crippen LogP contribution < -0.4 is 19.7 Å². The first-order valence-electron chi connectivity index (χ1n) is 10.2. The van der Waals surface area contributed by atoms with Gasteiger partial charge in [-0.05, 0) is 43.3 Å². The number of nitrogens with zero attached hydrogens (tertiary/aromatic N) is 2. The number of benzene rings is 2. The van der Waals surface area contributed by atoms with Gasteiger partial charge < -0.3 is 24.6 Å². The van der Waals surface area contributed by atoms with Gasteiger partial charge in [-0.15, -0.1) is 0 Å². The first-order valence-corrected chi connectivity index (χ1v) is 10.6. The summed E-state index contributed by atoms with van der Waals surface area (Å²) in [7, 11) is 1.46. The van der Waals surface area contributed by atoms with Gasteiger partial charge in [0.05, 0.1) is 13.7 Å². The highest BCUT2D eigenvalue weighted by Gasteiger charge is 2.22. The number of amides is 2. The fourth-order valence-electron chi connectivity index (χ4n) is 3.37. The van der Waals surface area contributed by atoms with Gasteiger partial charge in [0, 0.05) is 42.5 Å². The molecule has 32 heavy (non-hydrogen) atoms. The molecule has 1 aliphatic heterocycles. The van der Waals surface area contributed by atoms with Crippen LogP contribution in [0, 0.1) is 0 Å². The smallest absolute Gasteiger partial charge is 0.258 e. The van der Waals surface area contributed by atoms with E-state index in [-0.39, 0.29) is 24.8 Å². The summed E-state index contributed by atoms with van der Waals surface area (Å²) < 4.78 is 10.7. The largest absolute Gasteiger partial charge is 0.493 e. The molecule has 1 aliphatic rings. The van der Waals surface area contributed by atoms with E-state index in [1.165, 1.54) is 14.0 Å². The van der Waals surface area contributed by atoms with Crippen molar-refractivity contribution in [2.45, 2.75) is 6.92 Å². The molecule has 0 radical (unpaired) electrons. The molecule has 0 atom stereocenters. The van der Waals surface area contributed by atoms with E-state index >= 15 is 0 Å². The molecule has 1 fully saturated rings. The highest BCUT2D eigenvalue weighted by Crippen LogP contribution is 2.28. The zero-order valence-electron chi connectivity index (χ0n) is 18.1. The number of anilines is 1. The molecule has 0 bridgehead atoms. The number of hydrogen-bond donors (Lipinski definition) is 1. The SMILES string of the molecule is COc1cc(C(C)=O)ccc1OCC(=O)NCC(=O)N1CCN(c2cccc(Cl)c2)CC1. The van der Waals surface area contributed by atoms with Crippen LogP contribution in [0.3, 0.4) is 0 Å². The summed E-state index contributed by atoms with van der Waals surface area (Å²) >= 11 is 6.05. The van der Waals surface area contributed by atoms with E-state index in [9.17, 15) is 14.4 Å². The molecule has 2 aromatic carbocycles. The molecule has 170 valence electrons. The predicted molar refractivity (Wildman–Crippen MR) is 122 cm³/mol. The minimum Gasteiger partial charge on any atom is -0.493 e. The Morgan fingerprint density at radius 3 is 2.44 bits per heavy atom. The summed E-state index contributed by atoms with van der Waals surface area (Å²) in [6.45, 7) is 3.61. The number of rotatable bonds is 8. The molecule has 0 aliphatic carbocycles. The van der Waals surface area contributed by atoms with Gasteiger partial charge in [0.25, 0.3) is 5.91 Å². The van der Waals surface area contributed by atoms with E-state index in [4.69, 9.17) is 21.1 Å². The molecule has 0 spiro atoms. The van der Waals surface area contributed by atoms with Crippen molar-refractivity contribution in [3.63, 3.8) is 0 Å². The molecule has 1 saturated heterocycles. The van der Waals surface area contributed by atoms with Crippen molar-refractivity contribution < 1.29 is 23.9 Å². The fourth-order valence-corrected chi connectivity index (χ4v) is 3.56. The lowest BCUT2D eigenvalue weighted by molar-refractivity contribution is -0.133. The van der Waals surface area contributed by atoms with Crippen LogP contribution in [0.25, 0.3) is 0 Å². The van der Waals surface area contributed by atoms with Crippen molar-refractivity contribution in [1.82, 2.24) is 10.2 Å². The van der Waals surface area contributed by atoms with Gasteiger partial charge in [-0.2, -0.15) is 0 Å². The standard InChI is InChI=1S/C23H26ClN3O5/c1-16(28)17-6-7-20(21(12-17)31-2)32-15-22(29)25-14-23(30)27-10-8-26(9-11-27)19-5-3-4-18(24)13-19/h3-7,12-13H,8-11,14-15H2,1-2H3,(H,25,29). The summed E-state index contributed by atoms with van der Waals surface area (Å²) in [6.07, 6.45) is 0. The van der Waals surface area contributed by atoms with Crippen molar-refractivity contribution in [2.24, 2.45) is 0 Å². The van der Waals surface area contributed by atoms with Crippen molar-refractivity contribution in [2.75, 3.05) is 51.3 Å². The predicted octanol–water partition coefficient (Wildman–Crippen LogP) is 2.40. The Bertz CT molecular complexity index is 989. The molecular formula is C23H26ClN3O5. The Morgan fingerprint density at radius 1 is 1.03 bits per heavy atom. The molecule has 0 aromatic heterocycles. The highest BCUT2D eigenvalue weighted by molar-refractivity contribution is 6.30. The molecule has 0 saturated carbocycles. The highest BCUT2D eigenvalue weighted by atomic mass is 35.5. The third-order valence-electron chi connectivity index (χ3n) is 5.17. The zero-order chi connectivity index (χ0) is 23.1. The molecule has 0 unspecified atom stereocenters. The number of ketones is 1. The maximum Gasteiger partial charge on any atom is 0.258 e. The lowest BCUT2D eigenvalue weighted by Crippen LogP contribution is -2.51. The van der Waals surface area contributed by atoms with Gasteiger partial charge >= 0.3 is 0 Å². The van der Waals surface area contributed by atoms with E-state index in [0.717, 1.165) is 5.69 Å². The summed E-state index contributed by atoms with van der Waals surface area (Å²) in [5, 5.41) is 3.27. The third kappa shape index (κ3) is 6.13. The van der Waals surface area contributed by atoms with Gasteiger partial charge in [-0.1, -0.05) is 17.7 Å². The van der Waals surface area contributed by atoms with E-state index in [1.807, 2.05) is 24.3 Å².